The van der Waals surface area contributed by atoms with Crippen LogP contribution in [-0.2, 0) is 52.2 Å². The average Bonchev–Trinajstić information content (AvgIpc) is 3.12. The Labute approximate surface area is 385 Å². The number of carboxylic acids is 1. The summed E-state index contributed by atoms with van der Waals surface area (Å²) in [4.78, 5) is 73.6. The number of ether oxygens (including phenoxy) is 9. The van der Waals surface area contributed by atoms with Crippen LogP contribution in [0.4, 0.5) is 19.2 Å². The van der Waals surface area contributed by atoms with E-state index >= 15 is 0 Å². The SMILES string of the molecule is CC(C)(C)OC(=O)NCCCOC[C@H]1O[C@@H](NC(=O)CCCCC(=O)O)[C@@H](OCCCNC(=O)OC(C)(C)C)[C@@H](OCCCNC(=O)OC(C)(C)C)[C@@H]1OCCCNC(=O)OC(C)(C)C. The van der Waals surface area contributed by atoms with Crippen LogP contribution in [0.2, 0.25) is 0 Å². The van der Waals surface area contributed by atoms with E-state index in [1.54, 1.807) is 83.1 Å². The van der Waals surface area contributed by atoms with E-state index in [0.29, 0.717) is 38.5 Å². The van der Waals surface area contributed by atoms with Crippen LogP contribution in [0.1, 0.15) is 134 Å². The Morgan fingerprint density at radius 2 is 0.831 bits per heavy atom. The molecule has 0 saturated carbocycles. The third-order valence-electron chi connectivity index (χ3n) is 8.30. The Morgan fingerprint density at radius 1 is 0.477 bits per heavy atom. The zero-order valence-corrected chi connectivity index (χ0v) is 41.0. The molecule has 21 nitrogen and oxygen atoms in total. The van der Waals surface area contributed by atoms with Crippen molar-refractivity contribution in [1.29, 1.82) is 0 Å². The molecular weight excluding hydrogens is 855 g/mol. The highest BCUT2D eigenvalue weighted by atomic mass is 16.6. The quantitative estimate of drug-likeness (QED) is 0.0451. The molecule has 378 valence electrons. The summed E-state index contributed by atoms with van der Waals surface area (Å²) in [5, 5.41) is 22.8. The summed E-state index contributed by atoms with van der Waals surface area (Å²) in [5.41, 5.74) is -2.72. The predicted octanol–water partition coefficient (Wildman–Crippen LogP) is 5.30. The molecule has 1 heterocycles. The van der Waals surface area contributed by atoms with Gasteiger partial charge in [-0.3, -0.25) is 9.59 Å². The van der Waals surface area contributed by atoms with Crippen LogP contribution in [0.25, 0.3) is 0 Å². The van der Waals surface area contributed by atoms with Gasteiger partial charge in [-0.15, -0.1) is 0 Å². The van der Waals surface area contributed by atoms with Crippen molar-refractivity contribution in [2.75, 3.05) is 59.2 Å². The van der Waals surface area contributed by atoms with Gasteiger partial charge in [0, 0.05) is 65.4 Å². The van der Waals surface area contributed by atoms with Crippen molar-refractivity contribution in [3.05, 3.63) is 0 Å². The first-order chi connectivity index (χ1) is 30.1. The molecule has 1 fully saturated rings. The molecule has 1 rings (SSSR count). The highest BCUT2D eigenvalue weighted by molar-refractivity contribution is 5.76. The Balaban J connectivity index is 3.41. The van der Waals surface area contributed by atoms with Crippen LogP contribution < -0.4 is 26.6 Å². The minimum atomic E-state index is -1.11. The maximum atomic E-state index is 13.4. The number of aliphatic carboxylic acids is 1. The molecule has 6 N–H and O–H groups in total. The standard InChI is InChI=1S/C44H81N5O16/c1-41(2,3)62-37(53)45-21-15-25-57-29-30-33(58-26-16-22-46-38(54)63-42(4,5)6)34(59-27-17-23-47-39(55)64-43(7,8)9)35(60-28-18-24-48-40(56)65-44(10,11)12)36(61-30)49-31(50)19-13-14-20-32(51)52/h30,33-36H,13-29H2,1-12H3,(H,45,53)(H,46,54)(H,47,55)(H,48,56)(H,49,50)(H,51,52)/t30-,33-,34+,35+,36-/m1/s1. The Bertz CT molecular complexity index is 1440. The van der Waals surface area contributed by atoms with Gasteiger partial charge < -0.3 is 74.3 Å². The summed E-state index contributed by atoms with van der Waals surface area (Å²) in [6, 6.07) is 0. The summed E-state index contributed by atoms with van der Waals surface area (Å²) in [6.45, 7) is 22.5. The zero-order valence-electron chi connectivity index (χ0n) is 41.0. The second-order valence-corrected chi connectivity index (χ2v) is 19.5. The number of carboxylic acid groups (broad SMARTS) is 1. The van der Waals surface area contributed by atoms with Crippen molar-refractivity contribution < 1.29 is 76.5 Å². The minimum Gasteiger partial charge on any atom is -0.481 e. The lowest BCUT2D eigenvalue weighted by molar-refractivity contribution is -0.270. The normalized spacial score (nSPS) is 19.0. The lowest BCUT2D eigenvalue weighted by atomic mass is 9.97. The molecule has 1 saturated heterocycles. The third kappa shape index (κ3) is 31.4. The van der Waals surface area contributed by atoms with Crippen LogP contribution in [0, 0.1) is 0 Å². The fourth-order valence-corrected chi connectivity index (χ4v) is 5.80. The van der Waals surface area contributed by atoms with E-state index in [1.807, 2.05) is 0 Å². The van der Waals surface area contributed by atoms with Gasteiger partial charge in [0.15, 0.2) is 6.23 Å². The van der Waals surface area contributed by atoms with Crippen LogP contribution in [0.15, 0.2) is 0 Å². The van der Waals surface area contributed by atoms with Gasteiger partial charge in [-0.2, -0.15) is 0 Å². The molecule has 0 unspecified atom stereocenters. The number of unbranched alkanes of at least 4 members (excludes halogenated alkanes) is 1. The number of hydrogen-bond acceptors (Lipinski definition) is 15. The predicted molar refractivity (Wildman–Crippen MR) is 238 cm³/mol. The van der Waals surface area contributed by atoms with E-state index in [2.05, 4.69) is 26.6 Å². The molecule has 5 amide bonds. The summed E-state index contributed by atoms with van der Waals surface area (Å²) in [6.07, 6.45) is -5.05. The Morgan fingerprint density at radius 3 is 1.22 bits per heavy atom. The van der Waals surface area contributed by atoms with Crippen LogP contribution >= 0.6 is 0 Å². The Kier molecular flexibility index (Phi) is 26.7. The van der Waals surface area contributed by atoms with Gasteiger partial charge in [0.1, 0.15) is 46.8 Å². The average molecular weight is 936 g/mol. The first-order valence-corrected chi connectivity index (χ1v) is 22.6. The largest absolute Gasteiger partial charge is 0.481 e. The van der Waals surface area contributed by atoms with Crippen molar-refractivity contribution in [2.24, 2.45) is 0 Å². The van der Waals surface area contributed by atoms with Gasteiger partial charge >= 0.3 is 30.3 Å². The molecule has 65 heavy (non-hydrogen) atoms. The lowest BCUT2D eigenvalue weighted by Crippen LogP contribution is -2.65. The molecular formula is C44H81N5O16. The molecule has 21 heteroatoms. The number of carbonyl (C=O) groups excluding carboxylic acids is 5. The summed E-state index contributed by atoms with van der Waals surface area (Å²) in [5.74, 6) is -1.38. The van der Waals surface area contributed by atoms with Gasteiger partial charge in [0.05, 0.1) is 6.61 Å². The van der Waals surface area contributed by atoms with E-state index in [1.165, 1.54) is 0 Å². The summed E-state index contributed by atoms with van der Waals surface area (Å²) >= 11 is 0. The number of rotatable bonds is 27. The molecule has 1 aliphatic heterocycles. The van der Waals surface area contributed by atoms with E-state index in [4.69, 9.17) is 47.7 Å². The van der Waals surface area contributed by atoms with Crippen molar-refractivity contribution in [2.45, 2.75) is 187 Å². The smallest absolute Gasteiger partial charge is 0.407 e. The highest BCUT2D eigenvalue weighted by Crippen LogP contribution is 2.29. The number of nitrogens with one attached hydrogen (secondary N) is 5. The van der Waals surface area contributed by atoms with Crippen molar-refractivity contribution in [3.63, 3.8) is 0 Å². The van der Waals surface area contributed by atoms with Crippen LogP contribution in [0.5, 0.6) is 0 Å². The fourth-order valence-electron chi connectivity index (χ4n) is 5.80. The van der Waals surface area contributed by atoms with E-state index in [0.717, 1.165) is 0 Å². The van der Waals surface area contributed by atoms with Crippen molar-refractivity contribution in [3.8, 4) is 0 Å². The maximum absolute atomic E-state index is 13.4. The second-order valence-electron chi connectivity index (χ2n) is 19.5. The molecule has 0 radical (unpaired) electrons. The fraction of sp³-hybridized carbons (Fsp3) is 0.864. The molecule has 0 aromatic rings. The lowest BCUT2D eigenvalue weighted by Gasteiger charge is -2.46. The third-order valence-corrected chi connectivity index (χ3v) is 8.30. The first-order valence-electron chi connectivity index (χ1n) is 22.6. The monoisotopic (exact) mass is 936 g/mol. The number of alkyl carbamates (subject to hydrolysis) is 4. The highest BCUT2D eigenvalue weighted by Gasteiger charge is 2.49. The molecule has 0 bridgehead atoms. The summed E-state index contributed by atoms with van der Waals surface area (Å²) in [7, 11) is 0. The Hall–Kier alpha value is -4.18. The van der Waals surface area contributed by atoms with Crippen molar-refractivity contribution in [1.82, 2.24) is 26.6 Å². The van der Waals surface area contributed by atoms with Gasteiger partial charge in [-0.05, 0) is 122 Å². The molecule has 0 aromatic heterocycles. The van der Waals surface area contributed by atoms with Crippen LogP contribution in [0.3, 0.4) is 0 Å². The zero-order chi connectivity index (χ0) is 49.3. The van der Waals surface area contributed by atoms with Gasteiger partial charge in [-0.1, -0.05) is 0 Å². The summed E-state index contributed by atoms with van der Waals surface area (Å²) < 4.78 is 53.4. The molecule has 5 atom stereocenters. The molecule has 1 aliphatic rings. The second kappa shape index (κ2) is 29.5. The van der Waals surface area contributed by atoms with E-state index in [-0.39, 0.29) is 72.1 Å². The number of amides is 5. The van der Waals surface area contributed by atoms with Gasteiger partial charge in [0.25, 0.3) is 0 Å². The van der Waals surface area contributed by atoms with Crippen molar-refractivity contribution >= 4 is 36.2 Å². The molecule has 0 aliphatic carbocycles. The maximum Gasteiger partial charge on any atom is 0.407 e. The topological polar surface area (TPSA) is 266 Å². The minimum absolute atomic E-state index is 0.0118. The first kappa shape index (κ1) is 58.8. The number of carbonyl (C=O) groups is 6. The van der Waals surface area contributed by atoms with E-state index in [9.17, 15) is 28.8 Å². The van der Waals surface area contributed by atoms with Gasteiger partial charge in [-0.25, -0.2) is 19.2 Å². The van der Waals surface area contributed by atoms with Crippen LogP contribution in [-0.4, -0.2) is 154 Å². The molecule has 0 spiro atoms. The van der Waals surface area contributed by atoms with Gasteiger partial charge in [0.2, 0.25) is 5.91 Å². The number of hydrogen-bond donors (Lipinski definition) is 6. The molecule has 0 aromatic carbocycles. The van der Waals surface area contributed by atoms with E-state index < -0.39 is 89.3 Å².